The number of aliphatic hydroxyl groups is 1. The van der Waals surface area contributed by atoms with Crippen molar-refractivity contribution < 1.29 is 28.6 Å². The Balaban J connectivity index is 1.87. The molecule has 8 nitrogen and oxygen atoms in total. The lowest BCUT2D eigenvalue weighted by atomic mass is 9.85. The zero-order valence-electron chi connectivity index (χ0n) is 20.3. The number of nitrogens with zero attached hydrogens (tertiary/aromatic N) is 2. The minimum absolute atomic E-state index is 0.0144. The summed E-state index contributed by atoms with van der Waals surface area (Å²) in [4.78, 5) is 44.8. The fourth-order valence-corrected chi connectivity index (χ4v) is 4.98. The first-order valence-corrected chi connectivity index (χ1v) is 11.8. The quantitative estimate of drug-likeness (QED) is 0.382. The van der Waals surface area contributed by atoms with E-state index in [0.29, 0.717) is 17.0 Å². The minimum atomic E-state index is -0.967. The Morgan fingerprint density at radius 1 is 1.11 bits per heavy atom. The SMILES string of the molecule is COC(=O)c1sc(N2C(=O)C(O)=C(C(=O)c3ccc(C)o3)[C@@H]2c2ccc(C(C)(C)C)cc2)nc1C. The van der Waals surface area contributed by atoms with Gasteiger partial charge in [0.25, 0.3) is 5.91 Å². The average molecular weight is 495 g/mol. The summed E-state index contributed by atoms with van der Waals surface area (Å²) in [5.74, 6) is -2.10. The van der Waals surface area contributed by atoms with Crippen LogP contribution < -0.4 is 4.90 Å². The van der Waals surface area contributed by atoms with Crippen molar-refractivity contribution in [1.29, 1.82) is 0 Å². The number of esters is 1. The standard InChI is InChI=1S/C26H26N2O6S/c1-13-7-12-17(34-13)20(29)18-19(15-8-10-16(11-9-15)26(3,4)5)28(23(31)21(18)30)25-27-14(2)22(35-25)24(32)33-6/h7-12,19,30H,1-6H3/t19-/m0/s1. The van der Waals surface area contributed by atoms with Crippen molar-refractivity contribution >= 4 is 34.1 Å². The molecule has 0 bridgehead atoms. The largest absolute Gasteiger partial charge is 0.503 e. The number of methoxy groups -OCH3 is 1. The van der Waals surface area contributed by atoms with E-state index in [1.54, 1.807) is 19.9 Å². The van der Waals surface area contributed by atoms with Crippen molar-refractivity contribution in [3.8, 4) is 0 Å². The van der Waals surface area contributed by atoms with Crippen LogP contribution in [0.2, 0.25) is 0 Å². The van der Waals surface area contributed by atoms with Crippen molar-refractivity contribution in [2.24, 2.45) is 0 Å². The minimum Gasteiger partial charge on any atom is -0.503 e. The Bertz CT molecular complexity index is 1360. The Hall–Kier alpha value is -3.72. The molecule has 0 unspecified atom stereocenters. The number of carbonyl (C=O) groups is 3. The van der Waals surface area contributed by atoms with Gasteiger partial charge in [0.2, 0.25) is 5.78 Å². The molecular weight excluding hydrogens is 468 g/mol. The number of rotatable bonds is 5. The molecule has 9 heteroatoms. The highest BCUT2D eigenvalue weighted by Crippen LogP contribution is 2.44. The lowest BCUT2D eigenvalue weighted by Crippen LogP contribution is -2.31. The van der Waals surface area contributed by atoms with Crippen LogP contribution in [0, 0.1) is 13.8 Å². The summed E-state index contributed by atoms with van der Waals surface area (Å²) in [5, 5.41) is 11.1. The van der Waals surface area contributed by atoms with Gasteiger partial charge in [-0.05, 0) is 42.5 Å². The van der Waals surface area contributed by atoms with Gasteiger partial charge in [0.05, 0.1) is 24.4 Å². The Morgan fingerprint density at radius 3 is 2.31 bits per heavy atom. The molecule has 2 aromatic heterocycles. The van der Waals surface area contributed by atoms with Crippen LogP contribution in [0.4, 0.5) is 5.13 Å². The fraction of sp³-hybridized carbons (Fsp3) is 0.308. The van der Waals surface area contributed by atoms with Crippen LogP contribution in [0.15, 0.2) is 52.1 Å². The molecule has 0 saturated heterocycles. The molecule has 0 radical (unpaired) electrons. The number of hydrogen-bond donors (Lipinski definition) is 1. The number of thiazole rings is 1. The maximum absolute atomic E-state index is 13.4. The molecule has 4 rings (SSSR count). The van der Waals surface area contributed by atoms with E-state index in [1.807, 2.05) is 24.3 Å². The number of amides is 1. The molecule has 182 valence electrons. The summed E-state index contributed by atoms with van der Waals surface area (Å²) < 4.78 is 10.3. The molecule has 1 atom stereocenters. The number of hydrogen-bond acceptors (Lipinski definition) is 8. The number of anilines is 1. The van der Waals surface area contributed by atoms with Crippen molar-refractivity contribution in [2.75, 3.05) is 12.0 Å². The Labute approximate surface area is 206 Å². The maximum Gasteiger partial charge on any atom is 0.350 e. The number of aryl methyl sites for hydroxylation is 2. The van der Waals surface area contributed by atoms with Crippen LogP contribution in [0.5, 0.6) is 0 Å². The zero-order valence-corrected chi connectivity index (χ0v) is 21.1. The molecular formula is C26H26N2O6S. The molecule has 0 saturated carbocycles. The average Bonchev–Trinajstić information content (AvgIpc) is 3.48. The van der Waals surface area contributed by atoms with Crippen molar-refractivity contribution in [2.45, 2.75) is 46.1 Å². The van der Waals surface area contributed by atoms with E-state index < -0.39 is 29.5 Å². The number of benzene rings is 1. The third-order valence-electron chi connectivity index (χ3n) is 5.87. The first kappa shape index (κ1) is 24.4. The summed E-state index contributed by atoms with van der Waals surface area (Å²) in [6, 6.07) is 9.69. The van der Waals surface area contributed by atoms with Crippen LogP contribution in [-0.2, 0) is 14.9 Å². The van der Waals surface area contributed by atoms with E-state index in [9.17, 15) is 19.5 Å². The van der Waals surface area contributed by atoms with Gasteiger partial charge in [-0.15, -0.1) is 0 Å². The van der Waals surface area contributed by atoms with Crippen LogP contribution in [0.3, 0.4) is 0 Å². The molecule has 3 aromatic rings. The topological polar surface area (TPSA) is 110 Å². The van der Waals surface area contributed by atoms with E-state index in [4.69, 9.17) is 9.15 Å². The Kier molecular flexibility index (Phi) is 6.14. The molecule has 1 aromatic carbocycles. The predicted molar refractivity (Wildman–Crippen MR) is 131 cm³/mol. The van der Waals surface area contributed by atoms with E-state index in [2.05, 4.69) is 25.8 Å². The second-order valence-electron chi connectivity index (χ2n) is 9.35. The van der Waals surface area contributed by atoms with Crippen LogP contribution in [0.1, 0.15) is 69.6 Å². The number of aromatic nitrogens is 1. The van der Waals surface area contributed by atoms with Gasteiger partial charge < -0.3 is 14.3 Å². The summed E-state index contributed by atoms with van der Waals surface area (Å²) >= 11 is 0.962. The van der Waals surface area contributed by atoms with Crippen LogP contribution >= 0.6 is 11.3 Å². The van der Waals surface area contributed by atoms with E-state index in [1.165, 1.54) is 18.1 Å². The van der Waals surface area contributed by atoms with Gasteiger partial charge in [0.1, 0.15) is 10.6 Å². The molecule has 0 spiro atoms. The van der Waals surface area contributed by atoms with Gasteiger partial charge in [0.15, 0.2) is 16.7 Å². The summed E-state index contributed by atoms with van der Waals surface area (Å²) in [7, 11) is 1.26. The monoisotopic (exact) mass is 494 g/mol. The maximum atomic E-state index is 13.4. The van der Waals surface area contributed by atoms with Crippen molar-refractivity contribution in [3.05, 3.63) is 80.9 Å². The molecule has 1 N–H and O–H groups in total. The lowest BCUT2D eigenvalue weighted by Gasteiger charge is -2.25. The molecule has 1 aliphatic heterocycles. The highest BCUT2D eigenvalue weighted by atomic mass is 32.1. The number of carbonyl (C=O) groups excluding carboxylic acids is 3. The molecule has 1 aliphatic rings. The molecule has 0 aliphatic carbocycles. The smallest absolute Gasteiger partial charge is 0.350 e. The fourth-order valence-electron chi connectivity index (χ4n) is 3.97. The van der Waals surface area contributed by atoms with Gasteiger partial charge in [-0.1, -0.05) is 56.4 Å². The van der Waals surface area contributed by atoms with E-state index >= 15 is 0 Å². The van der Waals surface area contributed by atoms with Gasteiger partial charge in [-0.3, -0.25) is 14.5 Å². The van der Waals surface area contributed by atoms with Gasteiger partial charge in [-0.25, -0.2) is 9.78 Å². The summed E-state index contributed by atoms with van der Waals surface area (Å²) in [5.41, 5.74) is 1.84. The molecule has 1 amide bonds. The highest BCUT2D eigenvalue weighted by molar-refractivity contribution is 7.17. The lowest BCUT2D eigenvalue weighted by molar-refractivity contribution is -0.117. The summed E-state index contributed by atoms with van der Waals surface area (Å²) in [6.07, 6.45) is 0. The first-order valence-electron chi connectivity index (χ1n) is 11.0. The van der Waals surface area contributed by atoms with Crippen molar-refractivity contribution in [3.63, 3.8) is 0 Å². The Morgan fingerprint density at radius 2 is 1.77 bits per heavy atom. The van der Waals surface area contributed by atoms with Crippen LogP contribution in [0.25, 0.3) is 0 Å². The third-order valence-corrected chi connectivity index (χ3v) is 7.01. The van der Waals surface area contributed by atoms with Crippen LogP contribution in [-0.4, -0.2) is 34.9 Å². The number of aliphatic hydroxyl groups excluding tert-OH is 1. The second kappa shape index (κ2) is 8.81. The molecule has 35 heavy (non-hydrogen) atoms. The van der Waals surface area contributed by atoms with Gasteiger partial charge in [-0.2, -0.15) is 0 Å². The molecule has 3 heterocycles. The first-order chi connectivity index (χ1) is 16.4. The summed E-state index contributed by atoms with van der Waals surface area (Å²) in [6.45, 7) is 9.58. The number of furan rings is 1. The van der Waals surface area contributed by atoms with Gasteiger partial charge in [0, 0.05) is 0 Å². The molecule has 0 fully saturated rings. The van der Waals surface area contributed by atoms with Crippen molar-refractivity contribution in [1.82, 2.24) is 4.98 Å². The van der Waals surface area contributed by atoms with E-state index in [0.717, 1.165) is 16.9 Å². The van der Waals surface area contributed by atoms with E-state index in [-0.39, 0.29) is 26.8 Å². The third kappa shape index (κ3) is 4.27. The highest BCUT2D eigenvalue weighted by Gasteiger charge is 2.47. The normalized spacial score (nSPS) is 16.2. The second-order valence-corrected chi connectivity index (χ2v) is 10.3. The number of Topliss-reactive ketones (excluding diaryl/α,β-unsaturated/α-hetero) is 1. The zero-order chi connectivity index (χ0) is 25.7. The number of ketones is 1. The predicted octanol–water partition coefficient (Wildman–Crippen LogP) is 5.22. The number of ether oxygens (including phenoxy) is 1. The van der Waals surface area contributed by atoms with Gasteiger partial charge >= 0.3 is 5.97 Å².